The molecule has 1 saturated carbocycles. The molecule has 0 radical (unpaired) electrons. The van der Waals surface area contributed by atoms with Gasteiger partial charge in [-0.15, -0.1) is 6.42 Å². The molecule has 0 atom stereocenters. The smallest absolute Gasteiger partial charge is 0.251 e. The zero-order chi connectivity index (χ0) is 19.2. The van der Waals surface area contributed by atoms with Gasteiger partial charge in [-0.3, -0.25) is 9.78 Å². The average molecular weight is 380 g/mol. The van der Waals surface area contributed by atoms with E-state index in [1.54, 1.807) is 24.5 Å². The molecule has 3 rings (SSSR count). The quantitative estimate of drug-likeness (QED) is 0.593. The number of halogens is 1. The Hall–Kier alpha value is -2.64. The number of carbonyl (C=O) groups is 1. The SMILES string of the molecule is C#Cc1ccc(NC(=O)C(CC)=C2CCC(c3ccc(Cl)cn3)CC2)cn1. The van der Waals surface area contributed by atoms with Gasteiger partial charge in [-0.05, 0) is 56.4 Å². The van der Waals surface area contributed by atoms with Crippen molar-refractivity contribution in [2.24, 2.45) is 0 Å². The standard InChI is InChI=1S/C22H22ClN3O/c1-3-18-10-11-19(14-24-18)26-22(27)20(4-2)15-5-7-16(8-6-15)21-12-9-17(23)13-25-21/h1,9-14,16H,4-8H2,2H3,(H,26,27). The molecule has 0 saturated heterocycles. The summed E-state index contributed by atoms with van der Waals surface area (Å²) >= 11 is 5.92. The van der Waals surface area contributed by atoms with E-state index in [0.717, 1.165) is 37.0 Å². The molecule has 1 aliphatic carbocycles. The summed E-state index contributed by atoms with van der Waals surface area (Å²) in [5.41, 5.74) is 4.41. The highest BCUT2D eigenvalue weighted by Gasteiger charge is 2.23. The van der Waals surface area contributed by atoms with E-state index in [4.69, 9.17) is 18.0 Å². The Morgan fingerprint density at radius 3 is 2.56 bits per heavy atom. The van der Waals surface area contributed by atoms with Crippen LogP contribution < -0.4 is 5.32 Å². The normalized spacial score (nSPS) is 16.5. The van der Waals surface area contributed by atoms with Crippen molar-refractivity contribution in [1.82, 2.24) is 9.97 Å². The Kier molecular flexibility index (Phi) is 6.26. The van der Waals surface area contributed by atoms with Crippen LogP contribution in [0.1, 0.15) is 56.3 Å². The number of hydrogen-bond acceptors (Lipinski definition) is 3. The minimum absolute atomic E-state index is 0.0502. The molecular weight excluding hydrogens is 358 g/mol. The maximum absolute atomic E-state index is 12.7. The maximum atomic E-state index is 12.7. The molecule has 0 bridgehead atoms. The lowest BCUT2D eigenvalue weighted by molar-refractivity contribution is -0.113. The topological polar surface area (TPSA) is 54.9 Å². The first-order valence-electron chi connectivity index (χ1n) is 9.17. The number of aromatic nitrogens is 2. The van der Waals surface area contributed by atoms with Crippen LogP contribution in [0, 0.1) is 12.3 Å². The largest absolute Gasteiger partial charge is 0.321 e. The van der Waals surface area contributed by atoms with Crippen LogP contribution in [0.3, 0.4) is 0 Å². The second-order valence-corrected chi connectivity index (χ2v) is 7.08. The number of amides is 1. The molecule has 0 aromatic carbocycles. The van der Waals surface area contributed by atoms with Crippen LogP contribution in [-0.4, -0.2) is 15.9 Å². The van der Waals surface area contributed by atoms with E-state index in [1.807, 2.05) is 19.1 Å². The molecule has 0 unspecified atom stereocenters. The monoisotopic (exact) mass is 379 g/mol. The molecule has 0 spiro atoms. The molecule has 0 aliphatic heterocycles. The Bertz CT molecular complexity index is 869. The van der Waals surface area contributed by atoms with Crippen LogP contribution in [0.4, 0.5) is 5.69 Å². The Morgan fingerprint density at radius 2 is 2.00 bits per heavy atom. The summed E-state index contributed by atoms with van der Waals surface area (Å²) in [6, 6.07) is 7.39. The van der Waals surface area contributed by atoms with Crippen molar-refractivity contribution in [2.75, 3.05) is 5.32 Å². The van der Waals surface area contributed by atoms with Crippen LogP contribution in [0.15, 0.2) is 47.8 Å². The van der Waals surface area contributed by atoms with Gasteiger partial charge in [0.1, 0.15) is 5.69 Å². The zero-order valence-corrected chi connectivity index (χ0v) is 16.1. The van der Waals surface area contributed by atoms with Gasteiger partial charge >= 0.3 is 0 Å². The fourth-order valence-corrected chi connectivity index (χ4v) is 3.64. The molecule has 4 nitrogen and oxygen atoms in total. The summed E-state index contributed by atoms with van der Waals surface area (Å²) in [5.74, 6) is 2.84. The Balaban J connectivity index is 1.67. The summed E-state index contributed by atoms with van der Waals surface area (Å²) < 4.78 is 0. The van der Waals surface area contributed by atoms with Crippen molar-refractivity contribution in [3.63, 3.8) is 0 Å². The van der Waals surface area contributed by atoms with Crippen LogP contribution in [-0.2, 0) is 4.79 Å². The van der Waals surface area contributed by atoms with E-state index >= 15 is 0 Å². The molecule has 5 heteroatoms. The highest BCUT2D eigenvalue weighted by Crippen LogP contribution is 2.36. The van der Waals surface area contributed by atoms with Gasteiger partial charge in [-0.1, -0.05) is 30.0 Å². The van der Waals surface area contributed by atoms with Crippen molar-refractivity contribution in [2.45, 2.75) is 44.9 Å². The van der Waals surface area contributed by atoms with Crippen LogP contribution in [0.5, 0.6) is 0 Å². The fraction of sp³-hybridized carbons (Fsp3) is 0.318. The maximum Gasteiger partial charge on any atom is 0.251 e. The third kappa shape index (κ3) is 4.75. The second kappa shape index (κ2) is 8.83. The molecule has 2 heterocycles. The first-order chi connectivity index (χ1) is 13.1. The van der Waals surface area contributed by atoms with Crippen LogP contribution in [0.2, 0.25) is 5.02 Å². The first kappa shape index (κ1) is 19.1. The number of anilines is 1. The molecule has 1 aliphatic rings. The number of pyridine rings is 2. The average Bonchev–Trinajstić information content (AvgIpc) is 2.70. The number of carbonyl (C=O) groups excluding carboxylic acids is 1. The molecule has 1 fully saturated rings. The lowest BCUT2D eigenvalue weighted by Gasteiger charge is -2.25. The lowest BCUT2D eigenvalue weighted by atomic mass is 9.81. The van der Waals surface area contributed by atoms with Crippen molar-refractivity contribution in [1.29, 1.82) is 0 Å². The van der Waals surface area contributed by atoms with Crippen molar-refractivity contribution in [3.8, 4) is 12.3 Å². The van der Waals surface area contributed by atoms with E-state index in [2.05, 4.69) is 21.2 Å². The Labute approximate surface area is 165 Å². The molecule has 1 N–H and O–H groups in total. The summed E-state index contributed by atoms with van der Waals surface area (Å²) in [6.07, 6.45) is 13.1. The highest BCUT2D eigenvalue weighted by molar-refractivity contribution is 6.30. The van der Waals surface area contributed by atoms with E-state index in [0.29, 0.717) is 28.7 Å². The number of nitrogens with zero attached hydrogens (tertiary/aromatic N) is 2. The molecule has 2 aromatic rings. The van der Waals surface area contributed by atoms with Gasteiger partial charge in [-0.25, -0.2) is 4.98 Å². The van der Waals surface area contributed by atoms with Gasteiger partial charge < -0.3 is 5.32 Å². The summed E-state index contributed by atoms with van der Waals surface area (Å²) in [7, 11) is 0. The molecule has 138 valence electrons. The van der Waals surface area contributed by atoms with E-state index in [1.165, 1.54) is 5.57 Å². The van der Waals surface area contributed by atoms with Gasteiger partial charge in [-0.2, -0.15) is 0 Å². The molecular formula is C22H22ClN3O. The molecule has 2 aromatic heterocycles. The number of nitrogens with one attached hydrogen (secondary N) is 1. The van der Waals surface area contributed by atoms with Gasteiger partial charge in [0.15, 0.2) is 0 Å². The van der Waals surface area contributed by atoms with Crippen molar-refractivity contribution < 1.29 is 4.79 Å². The van der Waals surface area contributed by atoms with Crippen LogP contribution in [0.25, 0.3) is 0 Å². The minimum atomic E-state index is -0.0502. The number of allylic oxidation sites excluding steroid dienone is 1. The van der Waals surface area contributed by atoms with Crippen LogP contribution >= 0.6 is 11.6 Å². The summed E-state index contributed by atoms with van der Waals surface area (Å²) in [4.78, 5) is 21.3. The lowest BCUT2D eigenvalue weighted by Crippen LogP contribution is -2.18. The number of terminal acetylenes is 1. The van der Waals surface area contributed by atoms with Gasteiger partial charge in [0.25, 0.3) is 5.91 Å². The minimum Gasteiger partial charge on any atom is -0.321 e. The molecule has 27 heavy (non-hydrogen) atoms. The summed E-state index contributed by atoms with van der Waals surface area (Å²) in [5, 5.41) is 3.59. The Morgan fingerprint density at radius 1 is 1.22 bits per heavy atom. The summed E-state index contributed by atoms with van der Waals surface area (Å²) in [6.45, 7) is 2.02. The van der Waals surface area contributed by atoms with E-state index in [-0.39, 0.29) is 5.91 Å². The van der Waals surface area contributed by atoms with Gasteiger partial charge in [0.05, 0.1) is 16.9 Å². The third-order valence-electron chi connectivity index (χ3n) is 4.98. The predicted octanol–water partition coefficient (Wildman–Crippen LogP) is 5.11. The van der Waals surface area contributed by atoms with E-state index < -0.39 is 0 Å². The van der Waals surface area contributed by atoms with Gasteiger partial charge in [0.2, 0.25) is 0 Å². The number of rotatable bonds is 4. The highest BCUT2D eigenvalue weighted by atomic mass is 35.5. The zero-order valence-electron chi connectivity index (χ0n) is 15.3. The molecule has 1 amide bonds. The van der Waals surface area contributed by atoms with Crippen molar-refractivity contribution >= 4 is 23.2 Å². The second-order valence-electron chi connectivity index (χ2n) is 6.64. The number of hydrogen-bond donors (Lipinski definition) is 1. The van der Waals surface area contributed by atoms with E-state index in [9.17, 15) is 4.79 Å². The fourth-order valence-electron chi connectivity index (χ4n) is 3.52. The third-order valence-corrected chi connectivity index (χ3v) is 5.20. The van der Waals surface area contributed by atoms with Crippen molar-refractivity contribution in [3.05, 3.63) is 64.2 Å². The first-order valence-corrected chi connectivity index (χ1v) is 9.55. The predicted molar refractivity (Wildman–Crippen MR) is 109 cm³/mol. The van der Waals surface area contributed by atoms with Gasteiger partial charge in [0, 0.05) is 23.4 Å².